The van der Waals surface area contributed by atoms with Crippen molar-refractivity contribution < 1.29 is 14.2 Å². The number of hydrogen-bond acceptors (Lipinski definition) is 4. The normalized spacial score (nSPS) is 9.70. The van der Waals surface area contributed by atoms with Crippen molar-refractivity contribution in [1.29, 1.82) is 5.26 Å². The Labute approximate surface area is 125 Å². The molecule has 2 aromatic carbocycles. The van der Waals surface area contributed by atoms with Gasteiger partial charge in [-0.2, -0.15) is 5.26 Å². The average molecular weight is 334 g/mol. The van der Waals surface area contributed by atoms with Crippen LogP contribution >= 0.6 is 15.9 Å². The second-order valence-electron chi connectivity index (χ2n) is 3.87. The van der Waals surface area contributed by atoms with E-state index in [1.807, 2.05) is 0 Å². The molecule has 0 unspecified atom stereocenters. The molecule has 0 N–H and O–H groups in total. The fraction of sp³-hybridized carbons (Fsp3) is 0.133. The van der Waals surface area contributed by atoms with Crippen LogP contribution in [0.25, 0.3) is 0 Å². The van der Waals surface area contributed by atoms with Crippen molar-refractivity contribution >= 4 is 15.9 Å². The van der Waals surface area contributed by atoms with Crippen LogP contribution in [-0.2, 0) is 0 Å². The smallest absolute Gasteiger partial charge is 0.148 e. The maximum absolute atomic E-state index is 9.11. The van der Waals surface area contributed by atoms with E-state index in [4.69, 9.17) is 19.5 Å². The summed E-state index contributed by atoms with van der Waals surface area (Å²) in [6.45, 7) is 0. The van der Waals surface area contributed by atoms with Crippen LogP contribution in [0.5, 0.6) is 23.0 Å². The standard InChI is InChI=1S/C15H12BrNO3/c1-18-11-5-6-14(13(16)7-11)20-15-8-12(19-2)4-3-10(15)9-17/h3-8H,1-2H3. The zero-order valence-corrected chi connectivity index (χ0v) is 12.6. The van der Waals surface area contributed by atoms with Gasteiger partial charge in [-0.15, -0.1) is 0 Å². The molecule has 102 valence electrons. The second kappa shape index (κ2) is 6.31. The van der Waals surface area contributed by atoms with Crippen molar-refractivity contribution in [2.75, 3.05) is 14.2 Å². The molecule has 0 radical (unpaired) electrons. The molecule has 0 heterocycles. The van der Waals surface area contributed by atoms with Crippen LogP contribution in [0.4, 0.5) is 0 Å². The Morgan fingerprint density at radius 3 is 2.20 bits per heavy atom. The highest BCUT2D eigenvalue weighted by atomic mass is 79.9. The van der Waals surface area contributed by atoms with Gasteiger partial charge in [-0.05, 0) is 46.3 Å². The van der Waals surface area contributed by atoms with Crippen LogP contribution in [0.3, 0.4) is 0 Å². The van der Waals surface area contributed by atoms with Crippen LogP contribution < -0.4 is 14.2 Å². The lowest BCUT2D eigenvalue weighted by atomic mass is 10.2. The molecular weight excluding hydrogens is 322 g/mol. The van der Waals surface area contributed by atoms with Crippen molar-refractivity contribution in [3.63, 3.8) is 0 Å². The van der Waals surface area contributed by atoms with E-state index in [-0.39, 0.29) is 0 Å². The van der Waals surface area contributed by atoms with Gasteiger partial charge in [0.15, 0.2) is 0 Å². The first-order valence-corrected chi connectivity index (χ1v) is 6.56. The Bertz CT molecular complexity index is 665. The first-order chi connectivity index (χ1) is 9.67. The largest absolute Gasteiger partial charge is 0.497 e. The van der Waals surface area contributed by atoms with Crippen LogP contribution in [0.15, 0.2) is 40.9 Å². The molecule has 0 aliphatic carbocycles. The van der Waals surface area contributed by atoms with E-state index >= 15 is 0 Å². The monoisotopic (exact) mass is 333 g/mol. The third kappa shape index (κ3) is 3.03. The number of nitrogens with zero attached hydrogens (tertiary/aromatic N) is 1. The van der Waals surface area contributed by atoms with Gasteiger partial charge in [-0.3, -0.25) is 0 Å². The summed E-state index contributed by atoms with van der Waals surface area (Å²) < 4.78 is 16.8. The van der Waals surface area contributed by atoms with Crippen molar-refractivity contribution in [3.8, 4) is 29.1 Å². The molecule has 0 saturated carbocycles. The van der Waals surface area contributed by atoms with Crippen molar-refractivity contribution in [3.05, 3.63) is 46.4 Å². The van der Waals surface area contributed by atoms with Gasteiger partial charge in [0.25, 0.3) is 0 Å². The molecule has 5 heteroatoms. The minimum Gasteiger partial charge on any atom is -0.497 e. The van der Waals surface area contributed by atoms with Gasteiger partial charge >= 0.3 is 0 Å². The summed E-state index contributed by atoms with van der Waals surface area (Å²) in [5.74, 6) is 2.38. The Kier molecular flexibility index (Phi) is 4.49. The summed E-state index contributed by atoms with van der Waals surface area (Å²) in [4.78, 5) is 0. The number of halogens is 1. The number of methoxy groups -OCH3 is 2. The SMILES string of the molecule is COc1ccc(Oc2cc(OC)ccc2C#N)c(Br)c1. The Hall–Kier alpha value is -2.19. The predicted octanol–water partition coefficient (Wildman–Crippen LogP) is 4.13. The molecule has 0 saturated heterocycles. The average Bonchev–Trinajstić information content (AvgIpc) is 2.49. The van der Waals surface area contributed by atoms with E-state index in [0.717, 1.165) is 10.2 Å². The lowest BCUT2D eigenvalue weighted by molar-refractivity contribution is 0.406. The van der Waals surface area contributed by atoms with Gasteiger partial charge in [0, 0.05) is 6.07 Å². The number of hydrogen-bond donors (Lipinski definition) is 0. The summed E-state index contributed by atoms with van der Waals surface area (Å²) in [6, 6.07) is 12.5. The molecule has 0 amide bonds. The van der Waals surface area contributed by atoms with E-state index in [9.17, 15) is 0 Å². The van der Waals surface area contributed by atoms with Crippen LogP contribution in [-0.4, -0.2) is 14.2 Å². The molecule has 2 rings (SSSR count). The highest BCUT2D eigenvalue weighted by Crippen LogP contribution is 2.35. The van der Waals surface area contributed by atoms with Crippen molar-refractivity contribution in [2.45, 2.75) is 0 Å². The maximum atomic E-state index is 9.11. The number of nitriles is 1. The summed E-state index contributed by atoms with van der Waals surface area (Å²) in [7, 11) is 3.16. The molecule has 0 aliphatic rings. The van der Waals surface area contributed by atoms with Gasteiger partial charge in [-0.1, -0.05) is 0 Å². The Morgan fingerprint density at radius 1 is 0.950 bits per heavy atom. The summed E-state index contributed by atoms with van der Waals surface area (Å²) in [5, 5.41) is 9.11. The maximum Gasteiger partial charge on any atom is 0.148 e. The molecule has 0 aliphatic heterocycles. The van der Waals surface area contributed by atoms with Crippen molar-refractivity contribution in [2.24, 2.45) is 0 Å². The van der Waals surface area contributed by atoms with E-state index in [0.29, 0.717) is 22.8 Å². The fourth-order valence-corrected chi connectivity index (χ4v) is 2.05. The van der Waals surface area contributed by atoms with E-state index < -0.39 is 0 Å². The third-order valence-corrected chi connectivity index (χ3v) is 3.29. The number of ether oxygens (including phenoxy) is 3. The molecule has 2 aromatic rings. The lowest BCUT2D eigenvalue weighted by Gasteiger charge is -2.11. The van der Waals surface area contributed by atoms with Gasteiger partial charge in [-0.25, -0.2) is 0 Å². The van der Waals surface area contributed by atoms with Gasteiger partial charge in [0.1, 0.15) is 29.1 Å². The van der Waals surface area contributed by atoms with Gasteiger partial charge in [0.05, 0.1) is 24.3 Å². The van der Waals surface area contributed by atoms with E-state index in [2.05, 4.69) is 22.0 Å². The zero-order chi connectivity index (χ0) is 14.5. The summed E-state index contributed by atoms with van der Waals surface area (Å²) >= 11 is 3.41. The first-order valence-electron chi connectivity index (χ1n) is 5.77. The summed E-state index contributed by atoms with van der Waals surface area (Å²) in [5.41, 5.74) is 0.438. The molecule has 20 heavy (non-hydrogen) atoms. The van der Waals surface area contributed by atoms with Crippen LogP contribution in [0.2, 0.25) is 0 Å². The van der Waals surface area contributed by atoms with E-state index in [1.54, 1.807) is 50.6 Å². The minimum atomic E-state index is 0.438. The Morgan fingerprint density at radius 2 is 1.60 bits per heavy atom. The molecule has 4 nitrogen and oxygen atoms in total. The minimum absolute atomic E-state index is 0.438. The second-order valence-corrected chi connectivity index (χ2v) is 4.73. The van der Waals surface area contributed by atoms with Crippen molar-refractivity contribution in [1.82, 2.24) is 0 Å². The topological polar surface area (TPSA) is 51.5 Å². The molecule has 0 spiro atoms. The third-order valence-electron chi connectivity index (χ3n) is 2.67. The number of benzene rings is 2. The van der Waals surface area contributed by atoms with E-state index in [1.165, 1.54) is 0 Å². The van der Waals surface area contributed by atoms with Crippen LogP contribution in [0.1, 0.15) is 5.56 Å². The first kappa shape index (κ1) is 14.2. The highest BCUT2D eigenvalue weighted by Gasteiger charge is 2.09. The quantitative estimate of drug-likeness (QED) is 0.844. The predicted molar refractivity (Wildman–Crippen MR) is 78.5 cm³/mol. The van der Waals surface area contributed by atoms with Crippen LogP contribution in [0, 0.1) is 11.3 Å². The molecular formula is C15H12BrNO3. The van der Waals surface area contributed by atoms with Gasteiger partial charge in [0.2, 0.25) is 0 Å². The molecule has 0 atom stereocenters. The fourth-order valence-electron chi connectivity index (χ4n) is 1.62. The summed E-state index contributed by atoms with van der Waals surface area (Å²) in [6.07, 6.45) is 0. The molecule has 0 fully saturated rings. The Balaban J connectivity index is 2.36. The molecule has 0 aromatic heterocycles. The highest BCUT2D eigenvalue weighted by molar-refractivity contribution is 9.10. The lowest BCUT2D eigenvalue weighted by Crippen LogP contribution is -1.92. The van der Waals surface area contributed by atoms with Gasteiger partial charge < -0.3 is 14.2 Å². The number of rotatable bonds is 4. The zero-order valence-electron chi connectivity index (χ0n) is 11.0. The molecule has 0 bridgehead atoms.